The summed E-state index contributed by atoms with van der Waals surface area (Å²) in [5.41, 5.74) is 0.240. The Morgan fingerprint density at radius 2 is 1.97 bits per heavy atom. The van der Waals surface area contributed by atoms with Crippen LogP contribution in [-0.4, -0.2) is 69.8 Å². The van der Waals surface area contributed by atoms with Crippen molar-refractivity contribution in [2.75, 3.05) is 24.6 Å². The molecule has 2 bridgehead atoms. The van der Waals surface area contributed by atoms with E-state index in [4.69, 9.17) is 4.74 Å². The lowest BCUT2D eigenvalue weighted by atomic mass is 9.62. The van der Waals surface area contributed by atoms with Gasteiger partial charge in [-0.25, -0.2) is 0 Å². The fraction of sp³-hybridized carbons (Fsp3) is 0.560. The summed E-state index contributed by atoms with van der Waals surface area (Å²) in [6.45, 7) is 11.1. The Labute approximate surface area is 193 Å². The third-order valence-electron chi connectivity index (χ3n) is 7.94. The largest absolute Gasteiger partial charge is 0.481 e. The van der Waals surface area contributed by atoms with Crippen molar-refractivity contribution in [2.45, 2.75) is 51.4 Å². The van der Waals surface area contributed by atoms with E-state index < -0.39 is 41.0 Å². The lowest BCUT2D eigenvalue weighted by Crippen LogP contribution is -2.57. The van der Waals surface area contributed by atoms with E-state index in [0.29, 0.717) is 6.42 Å². The summed E-state index contributed by atoms with van der Waals surface area (Å²) in [7, 11) is 0. The first-order valence-corrected chi connectivity index (χ1v) is 11.4. The smallest absolute Gasteiger partial charge is 0.310 e. The second-order valence-corrected chi connectivity index (χ2v) is 9.78. The topological polar surface area (TPSA) is 107 Å². The number of anilines is 1. The van der Waals surface area contributed by atoms with Crippen molar-refractivity contribution in [3.63, 3.8) is 0 Å². The van der Waals surface area contributed by atoms with Gasteiger partial charge in [0.05, 0.1) is 18.1 Å². The first-order valence-electron chi connectivity index (χ1n) is 11.4. The molecule has 3 heterocycles. The SMILES string of the molecule is C=CCN(C(=O)C1N(CCO)C(=O)[C@@H]2[C@@H](C(=O)O)[C@]3(C)OC12CC3C)c1c(C)cccc1C. The summed E-state index contributed by atoms with van der Waals surface area (Å²) in [5, 5.41) is 19.8. The Morgan fingerprint density at radius 1 is 1.33 bits per heavy atom. The van der Waals surface area contributed by atoms with Gasteiger partial charge in [-0.1, -0.05) is 31.2 Å². The molecule has 0 aliphatic carbocycles. The van der Waals surface area contributed by atoms with Crippen LogP contribution in [0.2, 0.25) is 0 Å². The number of carbonyl (C=O) groups is 3. The van der Waals surface area contributed by atoms with Gasteiger partial charge in [-0.15, -0.1) is 6.58 Å². The summed E-state index contributed by atoms with van der Waals surface area (Å²) in [6, 6.07) is 4.71. The van der Waals surface area contributed by atoms with Gasteiger partial charge >= 0.3 is 5.97 Å². The highest BCUT2D eigenvalue weighted by molar-refractivity contribution is 6.05. The van der Waals surface area contributed by atoms with Crippen molar-refractivity contribution in [1.29, 1.82) is 0 Å². The highest BCUT2D eigenvalue weighted by Crippen LogP contribution is 2.65. The molecule has 3 aliphatic rings. The number of hydrogen-bond acceptors (Lipinski definition) is 5. The maximum Gasteiger partial charge on any atom is 0.310 e. The van der Waals surface area contributed by atoms with E-state index in [2.05, 4.69) is 6.58 Å². The van der Waals surface area contributed by atoms with Gasteiger partial charge in [0.25, 0.3) is 5.91 Å². The van der Waals surface area contributed by atoms with Gasteiger partial charge in [0.1, 0.15) is 17.6 Å². The number of nitrogens with zero attached hydrogens (tertiary/aromatic N) is 2. The molecule has 1 aromatic carbocycles. The lowest BCUT2D eigenvalue weighted by molar-refractivity contribution is -0.156. The molecule has 1 aromatic rings. The van der Waals surface area contributed by atoms with Crippen LogP contribution in [0.1, 0.15) is 31.4 Å². The third kappa shape index (κ3) is 3.07. The van der Waals surface area contributed by atoms with Crippen LogP contribution in [0.15, 0.2) is 30.9 Å². The molecule has 3 saturated heterocycles. The average molecular weight is 457 g/mol. The van der Waals surface area contributed by atoms with Crippen LogP contribution < -0.4 is 4.90 Å². The van der Waals surface area contributed by atoms with E-state index in [1.54, 1.807) is 17.9 Å². The van der Waals surface area contributed by atoms with E-state index in [9.17, 15) is 24.6 Å². The molecule has 3 aliphatic heterocycles. The second-order valence-electron chi connectivity index (χ2n) is 9.78. The van der Waals surface area contributed by atoms with Crippen molar-refractivity contribution in [3.05, 3.63) is 42.0 Å². The minimum absolute atomic E-state index is 0.0665. The van der Waals surface area contributed by atoms with Gasteiger partial charge in [0.2, 0.25) is 5.91 Å². The molecule has 1 spiro atoms. The average Bonchev–Trinajstić information content (AvgIpc) is 3.24. The van der Waals surface area contributed by atoms with E-state index in [0.717, 1.165) is 16.8 Å². The molecule has 33 heavy (non-hydrogen) atoms. The molecule has 8 heteroatoms. The quantitative estimate of drug-likeness (QED) is 0.607. The molecule has 3 unspecified atom stereocenters. The van der Waals surface area contributed by atoms with Crippen LogP contribution >= 0.6 is 0 Å². The summed E-state index contributed by atoms with van der Waals surface area (Å²) in [6.07, 6.45) is 2.03. The predicted octanol–water partition coefficient (Wildman–Crippen LogP) is 1.91. The zero-order valence-corrected chi connectivity index (χ0v) is 19.6. The first-order chi connectivity index (χ1) is 15.5. The van der Waals surface area contributed by atoms with Gasteiger partial charge in [-0.2, -0.15) is 0 Å². The number of ether oxygens (including phenoxy) is 1. The Bertz CT molecular complexity index is 1000. The summed E-state index contributed by atoms with van der Waals surface area (Å²) in [4.78, 5) is 43.1. The number of carboxylic acids is 1. The minimum Gasteiger partial charge on any atom is -0.481 e. The maximum atomic E-state index is 14.3. The number of para-hydroxylation sites is 1. The number of aliphatic carboxylic acids is 1. The Morgan fingerprint density at radius 3 is 2.52 bits per heavy atom. The fourth-order valence-electron chi connectivity index (χ4n) is 6.54. The standard InChI is InChI=1S/C25H32N2O6/c1-6-10-26(19-14(2)8-7-9-15(19)3)22(30)20-25-13-16(4)24(5,33-25)18(23(31)32)17(25)21(29)27(20)11-12-28/h6-9,16-18,20,28H,1,10-13H2,2-5H3,(H,31,32)/t16?,17-,18-,20?,24+,25?/m0/s1. The number of likely N-dealkylation sites (tertiary alicyclic amines) is 1. The van der Waals surface area contributed by atoms with Crippen LogP contribution in [0.25, 0.3) is 0 Å². The predicted molar refractivity (Wildman–Crippen MR) is 122 cm³/mol. The Balaban J connectivity index is 1.87. The number of carbonyl (C=O) groups excluding carboxylic acids is 2. The molecular weight excluding hydrogens is 424 g/mol. The molecular formula is C25H32N2O6. The molecule has 3 fully saturated rings. The number of hydrogen-bond donors (Lipinski definition) is 2. The van der Waals surface area contributed by atoms with Crippen molar-refractivity contribution < 1.29 is 29.3 Å². The van der Waals surface area contributed by atoms with Gasteiger partial charge < -0.3 is 24.7 Å². The first kappa shape index (κ1) is 23.4. The normalized spacial score (nSPS) is 34.5. The zero-order valence-electron chi connectivity index (χ0n) is 19.6. The third-order valence-corrected chi connectivity index (χ3v) is 7.94. The molecule has 2 N–H and O–H groups in total. The van der Waals surface area contributed by atoms with Crippen LogP contribution in [0.3, 0.4) is 0 Å². The van der Waals surface area contributed by atoms with Crippen LogP contribution in [-0.2, 0) is 19.1 Å². The van der Waals surface area contributed by atoms with Gasteiger partial charge in [0.15, 0.2) is 0 Å². The second kappa shape index (κ2) is 7.95. The molecule has 178 valence electrons. The lowest BCUT2D eigenvalue weighted by Gasteiger charge is -2.37. The van der Waals surface area contributed by atoms with Gasteiger partial charge in [-0.05, 0) is 44.2 Å². The number of rotatable bonds is 7. The summed E-state index contributed by atoms with van der Waals surface area (Å²) >= 11 is 0. The number of aliphatic hydroxyl groups excluding tert-OH is 1. The van der Waals surface area contributed by atoms with Gasteiger partial charge in [-0.3, -0.25) is 14.4 Å². The van der Waals surface area contributed by atoms with E-state index in [1.165, 1.54) is 4.90 Å². The highest BCUT2D eigenvalue weighted by Gasteiger charge is 2.80. The Kier molecular flexibility index (Phi) is 5.65. The number of carboxylic acid groups (broad SMARTS) is 1. The number of aliphatic hydroxyl groups is 1. The molecule has 6 atom stereocenters. The summed E-state index contributed by atoms with van der Waals surface area (Å²) in [5.74, 6) is -4.07. The Hall–Kier alpha value is -2.71. The number of β-amino-alcohol motifs (C(OH)–C–C–N with tert-alkyl or cyclic N) is 1. The van der Waals surface area contributed by atoms with Crippen LogP contribution in [0.4, 0.5) is 5.69 Å². The molecule has 0 aromatic heterocycles. The molecule has 0 saturated carbocycles. The number of aryl methyl sites for hydroxylation is 2. The number of amides is 2. The number of fused-ring (bicyclic) bond motifs is 1. The van der Waals surface area contributed by atoms with Crippen molar-refractivity contribution in [1.82, 2.24) is 4.90 Å². The van der Waals surface area contributed by atoms with Crippen LogP contribution in [0, 0.1) is 31.6 Å². The summed E-state index contributed by atoms with van der Waals surface area (Å²) < 4.78 is 6.46. The molecule has 2 amide bonds. The zero-order chi connectivity index (χ0) is 24.3. The van der Waals surface area contributed by atoms with Crippen molar-refractivity contribution >= 4 is 23.5 Å². The van der Waals surface area contributed by atoms with E-state index >= 15 is 0 Å². The van der Waals surface area contributed by atoms with Crippen molar-refractivity contribution in [3.8, 4) is 0 Å². The monoisotopic (exact) mass is 456 g/mol. The van der Waals surface area contributed by atoms with Crippen molar-refractivity contribution in [2.24, 2.45) is 17.8 Å². The number of benzene rings is 1. The van der Waals surface area contributed by atoms with Gasteiger partial charge in [0, 0.05) is 18.8 Å². The minimum atomic E-state index is -1.25. The molecule has 8 nitrogen and oxygen atoms in total. The van der Waals surface area contributed by atoms with E-state index in [1.807, 2.05) is 39.0 Å². The molecule has 4 rings (SSSR count). The maximum absolute atomic E-state index is 14.3. The highest BCUT2D eigenvalue weighted by atomic mass is 16.5. The van der Waals surface area contributed by atoms with Crippen LogP contribution in [0.5, 0.6) is 0 Å². The molecule has 0 radical (unpaired) electrons. The fourth-order valence-corrected chi connectivity index (χ4v) is 6.54. The van der Waals surface area contributed by atoms with E-state index in [-0.39, 0.29) is 31.5 Å².